The van der Waals surface area contributed by atoms with Gasteiger partial charge >= 0.3 is 0 Å². The molecule has 0 N–H and O–H groups in total. The number of amidine groups is 1. The number of halogens is 2. The first-order valence-corrected chi connectivity index (χ1v) is 10.5. The topological polar surface area (TPSA) is 58.7 Å². The van der Waals surface area contributed by atoms with E-state index in [1.165, 1.54) is 11.8 Å². The summed E-state index contributed by atoms with van der Waals surface area (Å²) in [6.07, 6.45) is 6.65. The molecule has 0 saturated carbocycles. The number of furan rings is 1. The Balaban J connectivity index is 1.66. The summed E-state index contributed by atoms with van der Waals surface area (Å²) in [5.41, 5.74) is 1.28. The van der Waals surface area contributed by atoms with E-state index >= 15 is 0 Å². The molecule has 0 radical (unpaired) electrons. The van der Waals surface area contributed by atoms with Crippen LogP contribution in [0.5, 0.6) is 0 Å². The quantitative estimate of drug-likeness (QED) is 0.328. The maximum absolute atomic E-state index is 12.9. The number of amides is 1. The van der Waals surface area contributed by atoms with E-state index in [0.29, 0.717) is 49.4 Å². The fourth-order valence-corrected chi connectivity index (χ4v) is 4.41. The highest BCUT2D eigenvalue weighted by Crippen LogP contribution is 2.38. The van der Waals surface area contributed by atoms with Crippen LogP contribution < -0.4 is 0 Å². The van der Waals surface area contributed by atoms with Crippen molar-refractivity contribution in [1.29, 1.82) is 0 Å². The van der Waals surface area contributed by atoms with Crippen molar-refractivity contribution in [1.82, 2.24) is 9.88 Å². The molecule has 0 atom stereocenters. The summed E-state index contributed by atoms with van der Waals surface area (Å²) in [5.74, 6) is 0.870. The van der Waals surface area contributed by atoms with Gasteiger partial charge in [-0.2, -0.15) is 0 Å². The van der Waals surface area contributed by atoms with Crippen molar-refractivity contribution in [3.63, 3.8) is 0 Å². The lowest BCUT2D eigenvalue weighted by atomic mass is 10.2. The van der Waals surface area contributed by atoms with Crippen LogP contribution in [0.25, 0.3) is 17.4 Å². The number of hydrogen-bond acceptors (Lipinski definition) is 5. The van der Waals surface area contributed by atoms with Crippen LogP contribution >= 0.6 is 35.0 Å². The number of nitrogens with zero attached hydrogens (tertiary/aromatic N) is 3. The molecule has 0 unspecified atom stereocenters. The Morgan fingerprint density at radius 1 is 1.17 bits per heavy atom. The Hall–Kier alpha value is -2.80. The van der Waals surface area contributed by atoms with Gasteiger partial charge in [0.25, 0.3) is 5.91 Å². The van der Waals surface area contributed by atoms with Crippen LogP contribution in [0.2, 0.25) is 10.0 Å². The van der Waals surface area contributed by atoms with E-state index in [9.17, 15) is 4.79 Å². The van der Waals surface area contributed by atoms with Gasteiger partial charge in [-0.25, -0.2) is 4.99 Å². The second-order valence-electron chi connectivity index (χ2n) is 6.22. The standard InChI is InChI=1S/C22H15Cl2N3O2S/c1-2-11-27-21(28)19(30-22(27)26-14-5-4-10-25-13-14)12-15-8-9-18(29-15)20-16(23)6-3-7-17(20)24/h2-10,12-13H,1,11H2/b19-12+,26-22?. The second-order valence-corrected chi connectivity index (χ2v) is 8.04. The molecule has 8 heteroatoms. The zero-order chi connectivity index (χ0) is 21.1. The van der Waals surface area contributed by atoms with E-state index < -0.39 is 0 Å². The monoisotopic (exact) mass is 455 g/mol. The summed E-state index contributed by atoms with van der Waals surface area (Å²) >= 11 is 13.8. The van der Waals surface area contributed by atoms with Gasteiger partial charge in [0, 0.05) is 18.8 Å². The third-order valence-corrected chi connectivity index (χ3v) is 5.82. The van der Waals surface area contributed by atoms with E-state index in [0.717, 1.165) is 0 Å². The molecule has 3 heterocycles. The van der Waals surface area contributed by atoms with Crippen molar-refractivity contribution < 1.29 is 9.21 Å². The van der Waals surface area contributed by atoms with Crippen molar-refractivity contribution in [3.05, 3.63) is 88.2 Å². The minimum atomic E-state index is -0.170. The van der Waals surface area contributed by atoms with Gasteiger partial charge in [0.15, 0.2) is 5.17 Å². The third kappa shape index (κ3) is 4.21. The Morgan fingerprint density at radius 2 is 1.97 bits per heavy atom. The van der Waals surface area contributed by atoms with Crippen LogP contribution in [-0.4, -0.2) is 27.5 Å². The van der Waals surface area contributed by atoms with Crippen molar-refractivity contribution >= 4 is 57.8 Å². The first-order valence-electron chi connectivity index (χ1n) is 8.92. The Morgan fingerprint density at radius 3 is 2.67 bits per heavy atom. The van der Waals surface area contributed by atoms with Gasteiger partial charge in [-0.3, -0.25) is 14.7 Å². The van der Waals surface area contributed by atoms with E-state index in [1.807, 2.05) is 6.07 Å². The molecule has 0 bridgehead atoms. The molecule has 4 rings (SSSR count). The van der Waals surface area contributed by atoms with Gasteiger partial charge in [0.1, 0.15) is 11.5 Å². The predicted molar refractivity (Wildman–Crippen MR) is 123 cm³/mol. The Bertz CT molecular complexity index is 1150. The maximum atomic E-state index is 12.9. The maximum Gasteiger partial charge on any atom is 0.267 e. The average Bonchev–Trinajstić information content (AvgIpc) is 3.29. The first kappa shape index (κ1) is 20.5. The molecule has 1 saturated heterocycles. The van der Waals surface area contributed by atoms with Crippen molar-refractivity contribution in [2.45, 2.75) is 0 Å². The van der Waals surface area contributed by atoms with Crippen LogP contribution in [0, 0.1) is 0 Å². The van der Waals surface area contributed by atoms with Crippen LogP contribution in [0.3, 0.4) is 0 Å². The lowest BCUT2D eigenvalue weighted by molar-refractivity contribution is -0.121. The molecular formula is C22H15Cl2N3O2S. The Kier molecular flexibility index (Phi) is 6.08. The van der Waals surface area contributed by atoms with Crippen molar-refractivity contribution in [2.24, 2.45) is 4.99 Å². The largest absolute Gasteiger partial charge is 0.457 e. The van der Waals surface area contributed by atoms with Crippen molar-refractivity contribution in [3.8, 4) is 11.3 Å². The fourth-order valence-electron chi connectivity index (χ4n) is 2.84. The SMILES string of the molecule is C=CCN1C(=O)/C(=C\c2ccc(-c3c(Cl)cccc3Cl)o2)SC1=Nc1cccnc1. The van der Waals surface area contributed by atoms with Crippen LogP contribution in [0.1, 0.15) is 5.76 Å². The number of aliphatic imine (C=N–C) groups is 1. The number of rotatable bonds is 5. The molecule has 1 aliphatic heterocycles. The molecule has 0 aliphatic carbocycles. The predicted octanol–water partition coefficient (Wildman–Crippen LogP) is 6.44. The minimum Gasteiger partial charge on any atom is -0.457 e. The summed E-state index contributed by atoms with van der Waals surface area (Å²) in [6.45, 7) is 4.08. The van der Waals surface area contributed by atoms with Gasteiger partial charge in [-0.05, 0) is 48.2 Å². The van der Waals surface area contributed by atoms with Crippen molar-refractivity contribution in [2.75, 3.05) is 6.54 Å². The van der Waals surface area contributed by atoms with Gasteiger partial charge in [0.2, 0.25) is 0 Å². The summed E-state index contributed by atoms with van der Waals surface area (Å²) in [6, 6.07) is 12.4. The minimum absolute atomic E-state index is 0.170. The molecular weight excluding hydrogens is 441 g/mol. The molecule has 1 amide bonds. The molecule has 30 heavy (non-hydrogen) atoms. The molecule has 3 aromatic rings. The fraction of sp³-hybridized carbons (Fsp3) is 0.0455. The highest BCUT2D eigenvalue weighted by Gasteiger charge is 2.33. The number of hydrogen-bond donors (Lipinski definition) is 0. The van der Waals surface area contributed by atoms with E-state index in [1.54, 1.807) is 65.8 Å². The molecule has 1 aliphatic rings. The molecule has 0 spiro atoms. The number of carbonyl (C=O) groups is 1. The number of benzene rings is 1. The van der Waals surface area contributed by atoms with Gasteiger partial charge in [0.05, 0.1) is 32.4 Å². The lowest BCUT2D eigenvalue weighted by Crippen LogP contribution is -2.29. The number of carbonyl (C=O) groups excluding carboxylic acids is 1. The molecule has 2 aromatic heterocycles. The molecule has 1 aromatic carbocycles. The lowest BCUT2D eigenvalue weighted by Gasteiger charge is -2.12. The van der Waals surface area contributed by atoms with E-state index in [2.05, 4.69) is 16.6 Å². The number of thioether (sulfide) groups is 1. The number of aromatic nitrogens is 1. The van der Waals surface area contributed by atoms with E-state index in [4.69, 9.17) is 27.6 Å². The van der Waals surface area contributed by atoms with Crippen LogP contribution in [0.4, 0.5) is 5.69 Å². The van der Waals surface area contributed by atoms with Gasteiger partial charge in [-0.15, -0.1) is 6.58 Å². The average molecular weight is 456 g/mol. The zero-order valence-electron chi connectivity index (χ0n) is 15.6. The van der Waals surface area contributed by atoms with Gasteiger partial charge in [-0.1, -0.05) is 35.3 Å². The first-order chi connectivity index (χ1) is 14.6. The highest BCUT2D eigenvalue weighted by molar-refractivity contribution is 8.18. The Labute approximate surface area is 187 Å². The molecule has 150 valence electrons. The normalized spacial score (nSPS) is 16.6. The summed E-state index contributed by atoms with van der Waals surface area (Å²) in [5, 5.41) is 1.54. The summed E-state index contributed by atoms with van der Waals surface area (Å²) < 4.78 is 5.89. The molecule has 1 fully saturated rings. The zero-order valence-corrected chi connectivity index (χ0v) is 17.9. The summed E-state index contributed by atoms with van der Waals surface area (Å²) in [7, 11) is 0. The smallest absolute Gasteiger partial charge is 0.267 e. The number of pyridine rings is 1. The highest BCUT2D eigenvalue weighted by atomic mass is 35.5. The van der Waals surface area contributed by atoms with E-state index in [-0.39, 0.29) is 5.91 Å². The third-order valence-electron chi connectivity index (χ3n) is 4.18. The second kappa shape index (κ2) is 8.92. The van der Waals surface area contributed by atoms with Crippen LogP contribution in [0.15, 0.2) is 81.8 Å². The van der Waals surface area contributed by atoms with Gasteiger partial charge < -0.3 is 4.42 Å². The molecule has 5 nitrogen and oxygen atoms in total. The van der Waals surface area contributed by atoms with Crippen LogP contribution in [-0.2, 0) is 4.79 Å². The summed E-state index contributed by atoms with van der Waals surface area (Å²) in [4.78, 5) is 23.5.